The van der Waals surface area contributed by atoms with Gasteiger partial charge in [0.25, 0.3) is 0 Å². The lowest BCUT2D eigenvalue weighted by Gasteiger charge is -2.29. The van der Waals surface area contributed by atoms with Gasteiger partial charge in [0, 0.05) is 16.6 Å². The minimum absolute atomic E-state index is 0.244. The van der Waals surface area contributed by atoms with Gasteiger partial charge >= 0.3 is 0 Å². The Labute approximate surface area is 124 Å². The van der Waals surface area contributed by atoms with Crippen molar-refractivity contribution in [2.45, 2.75) is 20.8 Å². The molecule has 0 saturated carbocycles. The number of alkyl halides is 1. The van der Waals surface area contributed by atoms with E-state index in [1.807, 2.05) is 0 Å². The third kappa shape index (κ3) is 3.50. The average molecular weight is 321 g/mol. The Morgan fingerprint density at radius 2 is 1.74 bits per heavy atom. The minimum atomic E-state index is 0.244. The summed E-state index contributed by atoms with van der Waals surface area (Å²) in [6.07, 6.45) is 0. The molecule has 1 unspecified atom stereocenters. The van der Waals surface area contributed by atoms with Crippen LogP contribution in [0.5, 0.6) is 5.75 Å². The number of rotatable bonds is 4. The monoisotopic (exact) mass is 320 g/mol. The van der Waals surface area contributed by atoms with Crippen molar-refractivity contribution in [3.63, 3.8) is 0 Å². The van der Waals surface area contributed by atoms with Gasteiger partial charge in [0.15, 0.2) is 0 Å². The lowest BCUT2D eigenvalue weighted by atomic mass is 9.83. The number of benzene rings is 2. The smallest absolute Gasteiger partial charge is 0.127 e. The Kier molecular flexibility index (Phi) is 4.51. The summed E-state index contributed by atoms with van der Waals surface area (Å²) >= 11 is 3.59. The Morgan fingerprint density at radius 3 is 2.42 bits per heavy atom. The molecule has 0 aliphatic rings. The highest BCUT2D eigenvalue weighted by Crippen LogP contribution is 2.30. The number of hydrogen-bond acceptors (Lipinski definition) is 1. The first-order valence-corrected chi connectivity index (χ1v) is 7.81. The van der Waals surface area contributed by atoms with Crippen molar-refractivity contribution in [1.82, 2.24) is 0 Å². The van der Waals surface area contributed by atoms with Crippen LogP contribution in [0.25, 0.3) is 10.8 Å². The third-order valence-electron chi connectivity index (χ3n) is 3.60. The minimum Gasteiger partial charge on any atom is -0.493 e. The molecular formula is C17H21BrO. The molecule has 0 N–H and O–H groups in total. The predicted octanol–water partition coefficient (Wildman–Crippen LogP) is 5.28. The number of hydrogen-bond donors (Lipinski definition) is 0. The molecule has 0 radical (unpaired) electrons. The van der Waals surface area contributed by atoms with E-state index in [1.165, 1.54) is 10.8 Å². The first-order chi connectivity index (χ1) is 9.02. The Bertz CT molecular complexity index is 537. The predicted molar refractivity (Wildman–Crippen MR) is 86.2 cm³/mol. The van der Waals surface area contributed by atoms with Gasteiger partial charge in [-0.15, -0.1) is 0 Å². The van der Waals surface area contributed by atoms with Gasteiger partial charge in [-0.25, -0.2) is 0 Å². The number of ether oxygens (including phenoxy) is 1. The molecule has 0 aliphatic carbocycles. The first-order valence-electron chi connectivity index (χ1n) is 6.69. The van der Waals surface area contributed by atoms with E-state index in [-0.39, 0.29) is 5.41 Å². The molecule has 19 heavy (non-hydrogen) atoms. The topological polar surface area (TPSA) is 9.23 Å². The van der Waals surface area contributed by atoms with Crippen LogP contribution < -0.4 is 4.74 Å². The summed E-state index contributed by atoms with van der Waals surface area (Å²) in [5.74, 6) is 1.47. The SMILES string of the molecule is CC(C)(C)C(CBr)COc1cccc2ccccc12. The van der Waals surface area contributed by atoms with Crippen molar-refractivity contribution in [2.24, 2.45) is 11.3 Å². The molecule has 1 atom stereocenters. The van der Waals surface area contributed by atoms with Gasteiger partial charge in [0.1, 0.15) is 5.75 Å². The second kappa shape index (κ2) is 5.96. The lowest BCUT2D eigenvalue weighted by molar-refractivity contribution is 0.167. The molecule has 0 spiro atoms. The lowest BCUT2D eigenvalue weighted by Crippen LogP contribution is -2.27. The standard InChI is InChI=1S/C17H21BrO/c1-17(2,3)14(11-18)12-19-16-10-6-8-13-7-4-5-9-15(13)16/h4-10,14H,11-12H2,1-3H3. The summed E-state index contributed by atoms with van der Waals surface area (Å²) in [6.45, 7) is 7.50. The van der Waals surface area contributed by atoms with Crippen LogP contribution in [0.1, 0.15) is 20.8 Å². The highest BCUT2D eigenvalue weighted by molar-refractivity contribution is 9.09. The zero-order chi connectivity index (χ0) is 13.9. The maximum absolute atomic E-state index is 6.07. The van der Waals surface area contributed by atoms with Crippen molar-refractivity contribution in [3.05, 3.63) is 42.5 Å². The summed E-state index contributed by atoms with van der Waals surface area (Å²) in [5, 5.41) is 3.37. The average Bonchev–Trinajstić information content (AvgIpc) is 2.38. The fraction of sp³-hybridized carbons (Fsp3) is 0.412. The fourth-order valence-electron chi connectivity index (χ4n) is 2.04. The molecule has 0 heterocycles. The van der Waals surface area contributed by atoms with Gasteiger partial charge in [-0.3, -0.25) is 0 Å². The highest BCUT2D eigenvalue weighted by atomic mass is 79.9. The molecule has 2 rings (SSSR count). The van der Waals surface area contributed by atoms with E-state index in [0.29, 0.717) is 5.92 Å². The quantitative estimate of drug-likeness (QED) is 0.697. The number of halogens is 1. The largest absolute Gasteiger partial charge is 0.493 e. The van der Waals surface area contributed by atoms with E-state index in [9.17, 15) is 0 Å². The van der Waals surface area contributed by atoms with Gasteiger partial charge in [-0.05, 0) is 16.9 Å². The first kappa shape index (κ1) is 14.4. The highest BCUT2D eigenvalue weighted by Gasteiger charge is 2.24. The van der Waals surface area contributed by atoms with Crippen LogP contribution in [-0.2, 0) is 0 Å². The molecule has 0 fully saturated rings. The molecule has 0 aromatic heterocycles. The van der Waals surface area contributed by atoms with E-state index >= 15 is 0 Å². The summed E-state index contributed by atoms with van der Waals surface area (Å²) in [7, 11) is 0. The van der Waals surface area contributed by atoms with Gasteiger partial charge in [-0.1, -0.05) is 73.1 Å². The third-order valence-corrected chi connectivity index (χ3v) is 4.38. The van der Waals surface area contributed by atoms with Crippen LogP contribution in [0.3, 0.4) is 0 Å². The molecule has 0 amide bonds. The van der Waals surface area contributed by atoms with Crippen LogP contribution in [0.4, 0.5) is 0 Å². The van der Waals surface area contributed by atoms with Gasteiger partial charge in [-0.2, -0.15) is 0 Å². The molecule has 0 bridgehead atoms. The summed E-state index contributed by atoms with van der Waals surface area (Å²) in [5.41, 5.74) is 0.244. The fourth-order valence-corrected chi connectivity index (χ4v) is 3.20. The van der Waals surface area contributed by atoms with Crippen LogP contribution in [0.2, 0.25) is 0 Å². The molecule has 2 aromatic rings. The summed E-state index contributed by atoms with van der Waals surface area (Å²) in [4.78, 5) is 0. The maximum atomic E-state index is 6.07. The molecule has 102 valence electrons. The van der Waals surface area contributed by atoms with Crippen molar-refractivity contribution < 1.29 is 4.74 Å². The Balaban J connectivity index is 2.18. The zero-order valence-electron chi connectivity index (χ0n) is 11.8. The van der Waals surface area contributed by atoms with Crippen LogP contribution >= 0.6 is 15.9 Å². The van der Waals surface area contributed by atoms with Crippen molar-refractivity contribution in [1.29, 1.82) is 0 Å². The molecular weight excluding hydrogens is 300 g/mol. The zero-order valence-corrected chi connectivity index (χ0v) is 13.4. The van der Waals surface area contributed by atoms with Crippen molar-refractivity contribution >= 4 is 26.7 Å². The van der Waals surface area contributed by atoms with Crippen LogP contribution in [-0.4, -0.2) is 11.9 Å². The van der Waals surface area contributed by atoms with E-state index in [4.69, 9.17) is 4.74 Å². The Morgan fingerprint density at radius 1 is 1.05 bits per heavy atom. The van der Waals surface area contributed by atoms with Crippen LogP contribution in [0, 0.1) is 11.3 Å². The molecule has 2 heteroatoms. The van der Waals surface area contributed by atoms with E-state index in [0.717, 1.165) is 17.7 Å². The van der Waals surface area contributed by atoms with E-state index in [2.05, 4.69) is 79.2 Å². The molecule has 0 aliphatic heterocycles. The van der Waals surface area contributed by atoms with E-state index < -0.39 is 0 Å². The molecule has 2 aromatic carbocycles. The molecule has 0 saturated heterocycles. The van der Waals surface area contributed by atoms with E-state index in [1.54, 1.807) is 0 Å². The second-order valence-electron chi connectivity index (χ2n) is 6.01. The van der Waals surface area contributed by atoms with Gasteiger partial charge in [0.05, 0.1) is 6.61 Å². The second-order valence-corrected chi connectivity index (χ2v) is 6.65. The van der Waals surface area contributed by atoms with Crippen molar-refractivity contribution in [2.75, 3.05) is 11.9 Å². The number of fused-ring (bicyclic) bond motifs is 1. The van der Waals surface area contributed by atoms with Crippen LogP contribution in [0.15, 0.2) is 42.5 Å². The Hall–Kier alpha value is -1.02. The normalized spacial score (nSPS) is 13.5. The van der Waals surface area contributed by atoms with Gasteiger partial charge in [0.2, 0.25) is 0 Å². The maximum Gasteiger partial charge on any atom is 0.127 e. The molecule has 1 nitrogen and oxygen atoms in total. The summed E-state index contributed by atoms with van der Waals surface area (Å²) in [6, 6.07) is 14.6. The van der Waals surface area contributed by atoms with Crippen molar-refractivity contribution in [3.8, 4) is 5.75 Å². The summed E-state index contributed by atoms with van der Waals surface area (Å²) < 4.78 is 6.07. The van der Waals surface area contributed by atoms with Gasteiger partial charge < -0.3 is 4.74 Å².